The van der Waals surface area contributed by atoms with Crippen LogP contribution in [0.15, 0.2) is 65.5 Å². The van der Waals surface area contributed by atoms with Crippen LogP contribution in [0.4, 0.5) is 0 Å². The van der Waals surface area contributed by atoms with E-state index in [2.05, 4.69) is 12.0 Å². The van der Waals surface area contributed by atoms with Crippen molar-refractivity contribution < 1.29 is 0 Å². The second kappa shape index (κ2) is 5.83. The number of aryl methyl sites for hydroxylation is 1. The summed E-state index contributed by atoms with van der Waals surface area (Å²) in [6.45, 7) is 2.12. The molecule has 106 valence electrons. The van der Waals surface area contributed by atoms with Crippen molar-refractivity contribution in [1.29, 1.82) is 0 Å². The van der Waals surface area contributed by atoms with Gasteiger partial charge in [-0.3, -0.25) is 9.89 Å². The molecule has 0 aliphatic heterocycles. The molecule has 0 bridgehead atoms. The molecule has 0 spiro atoms. The van der Waals surface area contributed by atoms with Crippen molar-refractivity contribution in [3.8, 4) is 16.8 Å². The molecular weight excluding hydrogens is 260 g/mol. The quantitative estimate of drug-likeness (QED) is 0.774. The van der Waals surface area contributed by atoms with Crippen molar-refractivity contribution >= 4 is 0 Å². The zero-order valence-electron chi connectivity index (χ0n) is 12.0. The normalized spacial score (nSPS) is 10.7. The Labute approximate surface area is 123 Å². The topological polar surface area (TPSA) is 37.8 Å². The summed E-state index contributed by atoms with van der Waals surface area (Å²) in [5.74, 6) is 0. The minimum atomic E-state index is 0.0100. The van der Waals surface area contributed by atoms with Crippen molar-refractivity contribution in [3.05, 3.63) is 76.7 Å². The van der Waals surface area contributed by atoms with Crippen LogP contribution in [0.5, 0.6) is 0 Å². The Morgan fingerprint density at radius 2 is 1.57 bits per heavy atom. The van der Waals surface area contributed by atoms with Crippen LogP contribution in [0.1, 0.15) is 19.0 Å². The van der Waals surface area contributed by atoms with E-state index in [1.165, 1.54) is 0 Å². The minimum Gasteiger partial charge on any atom is -0.294 e. The van der Waals surface area contributed by atoms with Crippen molar-refractivity contribution in [3.63, 3.8) is 0 Å². The smallest absolute Gasteiger partial charge is 0.279 e. The minimum absolute atomic E-state index is 0.0100. The maximum Gasteiger partial charge on any atom is 0.279 e. The first-order valence-electron chi connectivity index (χ1n) is 7.26. The summed E-state index contributed by atoms with van der Waals surface area (Å²) in [5, 5.41) is 3.27. The van der Waals surface area contributed by atoms with E-state index in [1.54, 1.807) is 4.68 Å². The first kappa shape index (κ1) is 13.4. The fourth-order valence-electron chi connectivity index (χ4n) is 2.57. The second-order valence-corrected chi connectivity index (χ2v) is 5.06. The van der Waals surface area contributed by atoms with Crippen molar-refractivity contribution in [2.24, 2.45) is 0 Å². The summed E-state index contributed by atoms with van der Waals surface area (Å²) in [6, 6.07) is 19.5. The Bertz CT molecular complexity index is 770. The van der Waals surface area contributed by atoms with Crippen LogP contribution in [0, 0.1) is 0 Å². The predicted molar refractivity (Wildman–Crippen MR) is 85.8 cm³/mol. The molecule has 2 aromatic carbocycles. The fourth-order valence-corrected chi connectivity index (χ4v) is 2.57. The fraction of sp³-hybridized carbons (Fsp3) is 0.167. The number of benzene rings is 2. The summed E-state index contributed by atoms with van der Waals surface area (Å²) in [6.07, 6.45) is 1.86. The molecule has 0 radical (unpaired) electrons. The molecule has 1 heterocycles. The largest absolute Gasteiger partial charge is 0.294 e. The van der Waals surface area contributed by atoms with Crippen molar-refractivity contribution in [2.45, 2.75) is 19.8 Å². The summed E-state index contributed by atoms with van der Waals surface area (Å²) in [7, 11) is 0. The molecule has 0 amide bonds. The zero-order chi connectivity index (χ0) is 14.7. The lowest BCUT2D eigenvalue weighted by molar-refractivity contribution is 0.793. The molecule has 3 rings (SSSR count). The van der Waals surface area contributed by atoms with Gasteiger partial charge < -0.3 is 0 Å². The third-order valence-electron chi connectivity index (χ3n) is 3.54. The highest BCUT2D eigenvalue weighted by molar-refractivity contribution is 5.65. The molecule has 0 fully saturated rings. The summed E-state index contributed by atoms with van der Waals surface area (Å²) in [5.41, 5.74) is 3.62. The van der Waals surface area contributed by atoms with E-state index in [1.807, 2.05) is 60.7 Å². The van der Waals surface area contributed by atoms with E-state index in [9.17, 15) is 4.79 Å². The number of rotatable bonds is 4. The number of hydrogen-bond donors (Lipinski definition) is 1. The zero-order valence-corrected chi connectivity index (χ0v) is 12.0. The molecule has 1 N–H and O–H groups in total. The van der Waals surface area contributed by atoms with Crippen LogP contribution in [0.25, 0.3) is 16.8 Å². The molecule has 0 atom stereocenters. The predicted octanol–water partition coefficient (Wildman–Crippen LogP) is 3.79. The summed E-state index contributed by atoms with van der Waals surface area (Å²) in [4.78, 5) is 12.8. The van der Waals surface area contributed by atoms with E-state index < -0.39 is 0 Å². The molecule has 0 unspecified atom stereocenters. The van der Waals surface area contributed by atoms with E-state index in [4.69, 9.17) is 0 Å². The van der Waals surface area contributed by atoms with Crippen molar-refractivity contribution in [2.75, 3.05) is 0 Å². The van der Waals surface area contributed by atoms with Crippen LogP contribution in [0.3, 0.4) is 0 Å². The van der Waals surface area contributed by atoms with Gasteiger partial charge >= 0.3 is 0 Å². The van der Waals surface area contributed by atoms with E-state index >= 15 is 0 Å². The first-order valence-corrected chi connectivity index (χ1v) is 7.26. The number of nitrogens with one attached hydrogen (secondary N) is 1. The maximum atomic E-state index is 12.8. The van der Waals surface area contributed by atoms with Gasteiger partial charge in [0.25, 0.3) is 5.56 Å². The molecule has 0 aliphatic rings. The number of para-hydroxylation sites is 1. The van der Waals surface area contributed by atoms with Gasteiger partial charge in [0.2, 0.25) is 0 Å². The van der Waals surface area contributed by atoms with Gasteiger partial charge in [0.05, 0.1) is 11.3 Å². The molecule has 0 aliphatic carbocycles. The number of aromatic amines is 1. The SMILES string of the molecule is CCCc1[nH]n(-c2ccccc2)c(=O)c1-c1ccccc1. The van der Waals surface area contributed by atoms with Gasteiger partial charge in [-0.1, -0.05) is 61.9 Å². The molecule has 21 heavy (non-hydrogen) atoms. The maximum absolute atomic E-state index is 12.8. The highest BCUT2D eigenvalue weighted by Gasteiger charge is 2.15. The monoisotopic (exact) mass is 278 g/mol. The standard InChI is InChI=1S/C18H18N2O/c1-2-9-16-17(14-10-5-3-6-11-14)18(21)20(19-16)15-12-7-4-8-13-15/h3-8,10-13,19H,2,9H2,1H3. The van der Waals surface area contributed by atoms with Gasteiger partial charge in [-0.15, -0.1) is 0 Å². The number of hydrogen-bond acceptors (Lipinski definition) is 1. The first-order chi connectivity index (χ1) is 10.3. The average Bonchev–Trinajstić information content (AvgIpc) is 2.86. The van der Waals surface area contributed by atoms with Gasteiger partial charge in [-0.2, -0.15) is 0 Å². The Morgan fingerprint density at radius 3 is 2.19 bits per heavy atom. The van der Waals surface area contributed by atoms with Crippen molar-refractivity contribution in [1.82, 2.24) is 9.78 Å². The molecule has 0 saturated carbocycles. The lowest BCUT2D eigenvalue weighted by atomic mass is 10.0. The molecule has 3 aromatic rings. The van der Waals surface area contributed by atoms with E-state index in [0.717, 1.165) is 35.3 Å². The Morgan fingerprint density at radius 1 is 0.952 bits per heavy atom. The van der Waals surface area contributed by atoms with Crippen LogP contribution < -0.4 is 5.56 Å². The van der Waals surface area contributed by atoms with Crippen LogP contribution in [-0.2, 0) is 6.42 Å². The van der Waals surface area contributed by atoms with E-state index in [-0.39, 0.29) is 5.56 Å². The highest BCUT2D eigenvalue weighted by atomic mass is 16.1. The summed E-state index contributed by atoms with van der Waals surface area (Å²) >= 11 is 0. The van der Waals surface area contributed by atoms with Gasteiger partial charge in [-0.05, 0) is 24.1 Å². The second-order valence-electron chi connectivity index (χ2n) is 5.06. The van der Waals surface area contributed by atoms with Gasteiger partial charge in [0.1, 0.15) is 0 Å². The Hall–Kier alpha value is -2.55. The third-order valence-corrected chi connectivity index (χ3v) is 3.54. The average molecular weight is 278 g/mol. The Kier molecular flexibility index (Phi) is 3.73. The lowest BCUT2D eigenvalue weighted by Crippen LogP contribution is -2.15. The van der Waals surface area contributed by atoms with Gasteiger partial charge in [0, 0.05) is 5.69 Å². The third kappa shape index (κ3) is 2.55. The van der Waals surface area contributed by atoms with E-state index in [0.29, 0.717) is 0 Å². The molecule has 1 aromatic heterocycles. The van der Waals surface area contributed by atoms with Gasteiger partial charge in [0.15, 0.2) is 0 Å². The number of aromatic nitrogens is 2. The summed E-state index contributed by atoms with van der Waals surface area (Å²) < 4.78 is 1.63. The molecule has 3 heteroatoms. The molecular formula is C18H18N2O. The van der Waals surface area contributed by atoms with Crippen LogP contribution >= 0.6 is 0 Å². The lowest BCUT2D eigenvalue weighted by Gasteiger charge is -2.00. The highest BCUT2D eigenvalue weighted by Crippen LogP contribution is 2.21. The Balaban J connectivity index is 2.20. The van der Waals surface area contributed by atoms with Gasteiger partial charge in [-0.25, -0.2) is 4.68 Å². The molecule has 0 saturated heterocycles. The number of nitrogens with zero attached hydrogens (tertiary/aromatic N) is 1. The number of H-pyrrole nitrogens is 1. The molecule has 3 nitrogen and oxygen atoms in total. The van der Waals surface area contributed by atoms with Crippen LogP contribution in [-0.4, -0.2) is 9.78 Å². The van der Waals surface area contributed by atoms with Crippen LogP contribution in [0.2, 0.25) is 0 Å².